The molecule has 4 nitrogen and oxygen atoms in total. The summed E-state index contributed by atoms with van der Waals surface area (Å²) in [6, 6.07) is 4.38. The summed E-state index contributed by atoms with van der Waals surface area (Å²) in [6.45, 7) is 3.60. The molecule has 2 saturated heterocycles. The van der Waals surface area contributed by atoms with Gasteiger partial charge in [0.1, 0.15) is 5.82 Å². The second-order valence-corrected chi connectivity index (χ2v) is 7.63. The van der Waals surface area contributed by atoms with Gasteiger partial charge in [0, 0.05) is 19.1 Å². The quantitative estimate of drug-likeness (QED) is 0.900. The number of hydrogen-bond acceptors (Lipinski definition) is 3. The lowest BCUT2D eigenvalue weighted by atomic mass is 9.94. The Morgan fingerprint density at radius 1 is 1.35 bits per heavy atom. The van der Waals surface area contributed by atoms with Gasteiger partial charge in [-0.2, -0.15) is 4.31 Å². The molecular weight excluding hydrogens is 279 g/mol. The number of benzene rings is 1. The molecule has 2 fully saturated rings. The fourth-order valence-electron chi connectivity index (χ4n) is 3.09. The molecule has 2 aliphatic heterocycles. The lowest BCUT2D eigenvalue weighted by Crippen LogP contribution is -2.41. The number of hydrogen-bond donors (Lipinski definition) is 1. The van der Waals surface area contributed by atoms with Gasteiger partial charge >= 0.3 is 0 Å². The molecule has 0 amide bonds. The zero-order valence-electron chi connectivity index (χ0n) is 11.5. The molecule has 3 rings (SSSR count). The molecule has 0 saturated carbocycles. The Hall–Kier alpha value is -0.980. The number of nitrogens with one attached hydrogen (secondary N) is 1. The minimum atomic E-state index is -3.58. The zero-order chi connectivity index (χ0) is 14.3. The molecule has 0 aliphatic carbocycles. The van der Waals surface area contributed by atoms with E-state index in [1.165, 1.54) is 16.4 Å². The second-order valence-electron chi connectivity index (χ2n) is 5.70. The van der Waals surface area contributed by atoms with Crippen LogP contribution in [-0.4, -0.2) is 38.4 Å². The van der Waals surface area contributed by atoms with Crippen LogP contribution in [0.1, 0.15) is 18.4 Å². The monoisotopic (exact) mass is 298 g/mol. The first kappa shape index (κ1) is 14.0. The van der Waals surface area contributed by atoms with Crippen molar-refractivity contribution in [2.24, 2.45) is 5.92 Å². The molecule has 0 bridgehead atoms. The van der Waals surface area contributed by atoms with Crippen molar-refractivity contribution in [2.75, 3.05) is 19.6 Å². The average molecular weight is 298 g/mol. The van der Waals surface area contributed by atoms with Crippen molar-refractivity contribution >= 4 is 10.0 Å². The third-order valence-corrected chi connectivity index (χ3v) is 6.17. The Labute approximate surface area is 119 Å². The van der Waals surface area contributed by atoms with Gasteiger partial charge in [-0.05, 0) is 49.9 Å². The molecule has 2 heterocycles. The molecule has 1 N–H and O–H groups in total. The molecule has 1 aromatic carbocycles. The molecule has 20 heavy (non-hydrogen) atoms. The van der Waals surface area contributed by atoms with Gasteiger partial charge in [-0.3, -0.25) is 0 Å². The first-order chi connectivity index (χ1) is 9.48. The van der Waals surface area contributed by atoms with E-state index in [0.29, 0.717) is 24.6 Å². The molecule has 0 radical (unpaired) electrons. The summed E-state index contributed by atoms with van der Waals surface area (Å²) in [7, 11) is -3.58. The van der Waals surface area contributed by atoms with Gasteiger partial charge in [-0.1, -0.05) is 6.07 Å². The normalized spacial score (nSPS) is 27.5. The van der Waals surface area contributed by atoms with Crippen molar-refractivity contribution in [3.8, 4) is 0 Å². The highest BCUT2D eigenvalue weighted by molar-refractivity contribution is 7.89. The van der Waals surface area contributed by atoms with Gasteiger partial charge in [-0.25, -0.2) is 12.8 Å². The molecule has 1 aromatic rings. The zero-order valence-corrected chi connectivity index (χ0v) is 12.3. The van der Waals surface area contributed by atoms with Crippen LogP contribution in [0.3, 0.4) is 0 Å². The van der Waals surface area contributed by atoms with Gasteiger partial charge in [-0.15, -0.1) is 0 Å². The number of aryl methyl sites for hydroxylation is 1. The predicted molar refractivity (Wildman–Crippen MR) is 74.4 cm³/mol. The molecule has 0 unspecified atom stereocenters. The number of sulfonamides is 1. The summed E-state index contributed by atoms with van der Waals surface area (Å²) >= 11 is 0. The van der Waals surface area contributed by atoms with Crippen molar-refractivity contribution in [3.05, 3.63) is 29.6 Å². The lowest BCUT2D eigenvalue weighted by Gasteiger charge is -2.24. The van der Waals surface area contributed by atoms with E-state index in [4.69, 9.17) is 0 Å². The topological polar surface area (TPSA) is 49.4 Å². The standard InChI is InChI=1S/C14H19FN2O2S/c1-10-4-5-12(7-13(10)15)20(18,19)17-8-11-3-2-6-16-14(11)9-17/h4-5,7,11,14,16H,2-3,6,8-9H2,1H3/t11-,14+/m0/s1. The molecule has 0 spiro atoms. The van der Waals surface area contributed by atoms with Crippen molar-refractivity contribution in [3.63, 3.8) is 0 Å². The predicted octanol–water partition coefficient (Wildman–Crippen LogP) is 1.51. The number of fused-ring (bicyclic) bond motifs is 1. The molecule has 0 aromatic heterocycles. The number of piperidine rings is 1. The maximum absolute atomic E-state index is 13.6. The third-order valence-electron chi connectivity index (χ3n) is 4.35. The smallest absolute Gasteiger partial charge is 0.243 e. The third kappa shape index (κ3) is 2.36. The Bertz CT molecular complexity index is 604. The lowest BCUT2D eigenvalue weighted by molar-refractivity contribution is 0.339. The van der Waals surface area contributed by atoms with Crippen LogP contribution in [-0.2, 0) is 10.0 Å². The number of nitrogens with zero attached hydrogens (tertiary/aromatic N) is 1. The van der Waals surface area contributed by atoms with E-state index < -0.39 is 15.8 Å². The maximum Gasteiger partial charge on any atom is 0.243 e. The summed E-state index contributed by atoms with van der Waals surface area (Å²) in [5, 5.41) is 3.37. The number of rotatable bonds is 2. The van der Waals surface area contributed by atoms with Gasteiger partial charge in [0.15, 0.2) is 0 Å². The van der Waals surface area contributed by atoms with Crippen LogP contribution in [0.25, 0.3) is 0 Å². The van der Waals surface area contributed by atoms with Crippen molar-refractivity contribution in [1.29, 1.82) is 0 Å². The highest BCUT2D eigenvalue weighted by Crippen LogP contribution is 2.29. The summed E-state index contributed by atoms with van der Waals surface area (Å²) in [5.41, 5.74) is 0.459. The fraction of sp³-hybridized carbons (Fsp3) is 0.571. The van der Waals surface area contributed by atoms with E-state index in [1.54, 1.807) is 6.92 Å². The van der Waals surface area contributed by atoms with Crippen LogP contribution in [0.15, 0.2) is 23.1 Å². The van der Waals surface area contributed by atoms with Crippen LogP contribution in [0.4, 0.5) is 4.39 Å². The minimum Gasteiger partial charge on any atom is -0.312 e. The molecule has 2 aliphatic rings. The highest BCUT2D eigenvalue weighted by atomic mass is 32.2. The summed E-state index contributed by atoms with van der Waals surface area (Å²) < 4.78 is 40.2. The van der Waals surface area contributed by atoms with E-state index in [2.05, 4.69) is 5.32 Å². The Morgan fingerprint density at radius 2 is 2.15 bits per heavy atom. The fourth-order valence-corrected chi connectivity index (χ4v) is 4.62. The van der Waals surface area contributed by atoms with Crippen LogP contribution in [0, 0.1) is 18.7 Å². The number of halogens is 1. The molecule has 110 valence electrons. The van der Waals surface area contributed by atoms with Crippen LogP contribution >= 0.6 is 0 Å². The van der Waals surface area contributed by atoms with Crippen molar-refractivity contribution in [2.45, 2.75) is 30.7 Å². The van der Waals surface area contributed by atoms with Crippen LogP contribution < -0.4 is 5.32 Å². The molecule has 2 atom stereocenters. The van der Waals surface area contributed by atoms with Crippen LogP contribution in [0.2, 0.25) is 0 Å². The molecule has 6 heteroatoms. The van der Waals surface area contributed by atoms with E-state index in [9.17, 15) is 12.8 Å². The summed E-state index contributed by atoms with van der Waals surface area (Å²) in [6.07, 6.45) is 2.15. The highest BCUT2D eigenvalue weighted by Gasteiger charge is 2.40. The Kier molecular flexibility index (Phi) is 3.56. The van der Waals surface area contributed by atoms with Gasteiger partial charge in [0.2, 0.25) is 10.0 Å². The van der Waals surface area contributed by atoms with Crippen LogP contribution in [0.5, 0.6) is 0 Å². The van der Waals surface area contributed by atoms with E-state index in [1.807, 2.05) is 0 Å². The van der Waals surface area contributed by atoms with E-state index in [-0.39, 0.29) is 10.9 Å². The second kappa shape index (κ2) is 5.09. The Morgan fingerprint density at radius 3 is 2.85 bits per heavy atom. The summed E-state index contributed by atoms with van der Waals surface area (Å²) in [4.78, 5) is 0.0549. The molecular formula is C14H19FN2O2S. The SMILES string of the molecule is Cc1ccc(S(=O)(=O)N2C[C@@H]3CCCN[C@@H]3C2)cc1F. The van der Waals surface area contributed by atoms with Crippen molar-refractivity contribution in [1.82, 2.24) is 9.62 Å². The summed E-state index contributed by atoms with van der Waals surface area (Å²) in [5.74, 6) is -0.0883. The van der Waals surface area contributed by atoms with Gasteiger partial charge in [0.05, 0.1) is 4.90 Å². The van der Waals surface area contributed by atoms with E-state index >= 15 is 0 Å². The minimum absolute atomic E-state index is 0.0549. The first-order valence-electron chi connectivity index (χ1n) is 6.98. The first-order valence-corrected chi connectivity index (χ1v) is 8.42. The average Bonchev–Trinajstić information content (AvgIpc) is 2.86. The van der Waals surface area contributed by atoms with Crippen molar-refractivity contribution < 1.29 is 12.8 Å². The Balaban J connectivity index is 1.86. The van der Waals surface area contributed by atoms with Gasteiger partial charge < -0.3 is 5.32 Å². The largest absolute Gasteiger partial charge is 0.312 e. The van der Waals surface area contributed by atoms with E-state index in [0.717, 1.165) is 25.5 Å². The maximum atomic E-state index is 13.6. The van der Waals surface area contributed by atoms with Gasteiger partial charge in [0.25, 0.3) is 0 Å².